The summed E-state index contributed by atoms with van der Waals surface area (Å²) in [4.78, 5) is 10.2. The summed E-state index contributed by atoms with van der Waals surface area (Å²) in [5, 5.41) is 16.7. The van der Waals surface area contributed by atoms with Gasteiger partial charge in [-0.3, -0.25) is 4.79 Å². The van der Waals surface area contributed by atoms with Crippen molar-refractivity contribution in [3.8, 4) is 0 Å². The molecule has 0 aliphatic carbocycles. The molecule has 0 bridgehead atoms. The number of aliphatic hydroxyl groups is 1. The summed E-state index contributed by atoms with van der Waals surface area (Å²) in [6.07, 6.45) is -0.136. The van der Waals surface area contributed by atoms with Gasteiger partial charge in [0.2, 0.25) is 0 Å². The highest BCUT2D eigenvalue weighted by Gasteiger charge is 2.07. The molecule has 2 N–H and O–H groups in total. The second-order valence-electron chi connectivity index (χ2n) is 2.26. The summed E-state index contributed by atoms with van der Waals surface area (Å²) in [6, 6.07) is 0. The van der Waals surface area contributed by atoms with Crippen LogP contribution in [0, 0.1) is 0 Å². The Kier molecular flexibility index (Phi) is 8.11. The minimum Gasteiger partial charge on any atom is -0.481 e. The summed E-state index contributed by atoms with van der Waals surface area (Å²) in [6.45, 7) is 0.845. The Morgan fingerprint density at radius 3 is 2.62 bits per heavy atom. The van der Waals surface area contributed by atoms with Gasteiger partial charge in [0.1, 0.15) is 5.44 Å². The van der Waals surface area contributed by atoms with Gasteiger partial charge in [-0.25, -0.2) is 0 Å². The van der Waals surface area contributed by atoms with Gasteiger partial charge < -0.3 is 19.7 Å². The molecule has 0 heterocycles. The van der Waals surface area contributed by atoms with Crippen LogP contribution < -0.4 is 0 Å². The third kappa shape index (κ3) is 9.62. The molecule has 0 fully saturated rings. The number of aliphatic carboxylic acids is 1. The molecule has 0 aromatic heterocycles. The van der Waals surface area contributed by atoms with Crippen LogP contribution in [0.1, 0.15) is 6.42 Å². The van der Waals surface area contributed by atoms with Crippen LogP contribution in [-0.4, -0.2) is 48.0 Å². The second-order valence-corrected chi connectivity index (χ2v) is 2.84. The molecule has 0 spiro atoms. The van der Waals surface area contributed by atoms with Gasteiger partial charge in [0.15, 0.2) is 0 Å². The smallest absolute Gasteiger partial charge is 0.306 e. The van der Waals surface area contributed by atoms with E-state index in [4.69, 9.17) is 19.7 Å². The van der Waals surface area contributed by atoms with Gasteiger partial charge in [-0.15, -0.1) is 12.6 Å². The van der Waals surface area contributed by atoms with Gasteiger partial charge in [-0.2, -0.15) is 0 Å². The maximum absolute atomic E-state index is 10.2. The number of ether oxygens (including phenoxy) is 2. The Balaban J connectivity index is 3.17. The van der Waals surface area contributed by atoms with E-state index in [1.807, 2.05) is 0 Å². The van der Waals surface area contributed by atoms with E-state index in [1.54, 1.807) is 0 Å². The summed E-state index contributed by atoms with van der Waals surface area (Å²) in [7, 11) is 0. The van der Waals surface area contributed by atoms with Crippen molar-refractivity contribution < 1.29 is 24.5 Å². The summed E-state index contributed by atoms with van der Waals surface area (Å²) >= 11 is 3.89. The van der Waals surface area contributed by atoms with Crippen LogP contribution in [0.15, 0.2) is 0 Å². The van der Waals surface area contributed by atoms with E-state index in [0.717, 1.165) is 0 Å². The topological polar surface area (TPSA) is 76.0 Å². The van der Waals surface area contributed by atoms with E-state index in [-0.39, 0.29) is 26.2 Å². The Labute approximate surface area is 82.1 Å². The number of carboxylic acid groups (broad SMARTS) is 1. The number of aliphatic hydroxyl groups excluding tert-OH is 1. The van der Waals surface area contributed by atoms with Gasteiger partial charge in [0.25, 0.3) is 0 Å². The molecule has 0 aliphatic heterocycles. The Morgan fingerprint density at radius 2 is 2.08 bits per heavy atom. The Hall–Kier alpha value is -0.300. The maximum atomic E-state index is 10.2. The van der Waals surface area contributed by atoms with E-state index >= 15 is 0 Å². The molecule has 0 amide bonds. The van der Waals surface area contributed by atoms with Crippen LogP contribution >= 0.6 is 12.6 Å². The summed E-state index contributed by atoms with van der Waals surface area (Å²) in [5.41, 5.74) is -0.602. The predicted octanol–water partition coefficient (Wildman–Crippen LogP) is -0.258. The fraction of sp³-hybridized carbons (Fsp3) is 0.857. The highest BCUT2D eigenvalue weighted by Crippen LogP contribution is 2.02. The van der Waals surface area contributed by atoms with E-state index in [0.29, 0.717) is 6.61 Å². The molecule has 1 atom stereocenters. The van der Waals surface area contributed by atoms with Crippen molar-refractivity contribution in [3.63, 3.8) is 0 Å². The zero-order chi connectivity index (χ0) is 10.1. The molecule has 0 rings (SSSR count). The van der Waals surface area contributed by atoms with Crippen LogP contribution in [0.5, 0.6) is 0 Å². The molecule has 1 unspecified atom stereocenters. The first-order chi connectivity index (χ1) is 6.16. The highest BCUT2D eigenvalue weighted by molar-refractivity contribution is 7.80. The first-order valence-electron chi connectivity index (χ1n) is 3.87. The molecule has 5 nitrogen and oxygen atoms in total. The van der Waals surface area contributed by atoms with Crippen LogP contribution in [0.3, 0.4) is 0 Å². The van der Waals surface area contributed by atoms with Crippen molar-refractivity contribution in [2.24, 2.45) is 0 Å². The Bertz CT molecular complexity index is 141. The lowest BCUT2D eigenvalue weighted by Gasteiger charge is -2.09. The van der Waals surface area contributed by atoms with Crippen molar-refractivity contribution in [1.29, 1.82) is 0 Å². The molecule has 0 saturated heterocycles. The van der Waals surface area contributed by atoms with Crippen molar-refractivity contribution in [3.05, 3.63) is 0 Å². The number of hydrogen-bond acceptors (Lipinski definition) is 5. The van der Waals surface area contributed by atoms with Gasteiger partial charge in [0, 0.05) is 0 Å². The molecule has 0 saturated carbocycles. The average Bonchev–Trinajstić information content (AvgIpc) is 2.02. The lowest BCUT2D eigenvalue weighted by molar-refractivity contribution is -0.138. The van der Waals surface area contributed by atoms with Crippen LogP contribution in [0.25, 0.3) is 0 Å². The predicted molar refractivity (Wildman–Crippen MR) is 48.9 cm³/mol. The van der Waals surface area contributed by atoms with Crippen LogP contribution in [-0.2, 0) is 14.3 Å². The zero-order valence-corrected chi connectivity index (χ0v) is 8.07. The molecule has 0 aromatic rings. The van der Waals surface area contributed by atoms with E-state index in [2.05, 4.69) is 12.6 Å². The maximum Gasteiger partial charge on any atom is 0.306 e. The average molecular weight is 210 g/mol. The van der Waals surface area contributed by atoms with Gasteiger partial charge >= 0.3 is 5.97 Å². The second kappa shape index (κ2) is 8.31. The lowest BCUT2D eigenvalue weighted by Crippen LogP contribution is -2.15. The van der Waals surface area contributed by atoms with Gasteiger partial charge in [-0.1, -0.05) is 0 Å². The first kappa shape index (κ1) is 12.7. The number of thiol groups is 1. The van der Waals surface area contributed by atoms with Gasteiger partial charge in [-0.05, 0) is 0 Å². The number of rotatable bonds is 8. The van der Waals surface area contributed by atoms with E-state index in [1.165, 1.54) is 0 Å². The molecule has 78 valence electrons. The fourth-order valence-corrected chi connectivity index (χ4v) is 0.880. The van der Waals surface area contributed by atoms with E-state index < -0.39 is 11.4 Å². The monoisotopic (exact) mass is 210 g/mol. The normalized spacial score (nSPS) is 12.8. The molecular weight excluding hydrogens is 196 g/mol. The largest absolute Gasteiger partial charge is 0.481 e. The molecule has 13 heavy (non-hydrogen) atoms. The lowest BCUT2D eigenvalue weighted by atomic mass is 10.5. The molecular formula is C7H14O5S. The van der Waals surface area contributed by atoms with Crippen molar-refractivity contribution >= 4 is 18.6 Å². The van der Waals surface area contributed by atoms with Crippen molar-refractivity contribution in [2.45, 2.75) is 11.9 Å². The number of carboxylic acids is 1. The summed E-state index contributed by atoms with van der Waals surface area (Å²) < 4.78 is 9.86. The SMILES string of the molecule is O=C(O)CC(S)OCCOCCO. The molecule has 0 aromatic carbocycles. The third-order valence-electron chi connectivity index (χ3n) is 1.12. The fourth-order valence-electron chi connectivity index (χ4n) is 0.618. The number of carbonyl (C=O) groups is 1. The van der Waals surface area contributed by atoms with Crippen LogP contribution in [0.2, 0.25) is 0 Å². The quantitative estimate of drug-likeness (QED) is 0.292. The zero-order valence-electron chi connectivity index (χ0n) is 7.18. The Morgan fingerprint density at radius 1 is 1.38 bits per heavy atom. The van der Waals surface area contributed by atoms with Crippen LogP contribution in [0.4, 0.5) is 0 Å². The molecule has 6 heteroatoms. The number of hydrogen-bond donors (Lipinski definition) is 3. The van der Waals surface area contributed by atoms with E-state index in [9.17, 15) is 4.79 Å². The highest BCUT2D eigenvalue weighted by atomic mass is 32.1. The van der Waals surface area contributed by atoms with Crippen molar-refractivity contribution in [2.75, 3.05) is 26.4 Å². The minimum atomic E-state index is -0.948. The van der Waals surface area contributed by atoms with Gasteiger partial charge in [0.05, 0.1) is 32.8 Å². The molecule has 0 aliphatic rings. The molecule has 0 radical (unpaired) electrons. The summed E-state index contributed by atoms with van der Waals surface area (Å²) in [5.74, 6) is -0.948. The first-order valence-corrected chi connectivity index (χ1v) is 4.38. The third-order valence-corrected chi connectivity index (χ3v) is 1.45. The standard InChI is InChI=1S/C7H14O5S/c8-1-2-11-3-4-12-7(13)5-6(9)10/h7-8,13H,1-5H2,(H,9,10). The minimum absolute atomic E-state index is 0.0283. The van der Waals surface area contributed by atoms with Crippen molar-refractivity contribution in [1.82, 2.24) is 0 Å².